The summed E-state index contributed by atoms with van der Waals surface area (Å²) in [6.45, 7) is 0. The number of hydrogen-bond acceptors (Lipinski definition) is 1. The molecule has 0 saturated heterocycles. The summed E-state index contributed by atoms with van der Waals surface area (Å²) in [5.41, 5.74) is 23.6. The van der Waals surface area contributed by atoms with E-state index in [4.69, 9.17) is 4.98 Å². The zero-order valence-electron chi connectivity index (χ0n) is 35.6. The van der Waals surface area contributed by atoms with E-state index in [1.807, 2.05) is 0 Å². The van der Waals surface area contributed by atoms with E-state index in [1.165, 1.54) is 77.5 Å². The molecular weight excluding hydrogens is 783 g/mol. The summed E-state index contributed by atoms with van der Waals surface area (Å²) in [6.07, 6.45) is 0. The Labute approximate surface area is 379 Å². The lowest BCUT2D eigenvalue weighted by molar-refractivity contribution is 0.801. The predicted octanol–water partition coefficient (Wildman–Crippen LogP) is 16.6. The monoisotopic (exact) mass is 823 g/mol. The van der Waals surface area contributed by atoms with Crippen LogP contribution >= 0.6 is 0 Å². The standard InChI is InChI=1S/C64H41N/c1-4-19-42(20-5-1)48-36-49(43-21-6-2-7-22-43)38-51(37-48)61-41-50(40-60(65-61)44-23-8-3-9-24-44)45-26-18-27-46(35-45)56-39-47-25-10-11-28-52(47)63-62(56)55-31-14-17-34-59(55)64(63)57-32-15-12-29-53(57)54-30-13-16-33-58(54)64/h1-41H. The Morgan fingerprint density at radius 1 is 0.262 bits per heavy atom. The molecule has 1 nitrogen and oxygen atoms in total. The minimum absolute atomic E-state index is 0.455. The lowest BCUT2D eigenvalue weighted by Crippen LogP contribution is -2.26. The summed E-state index contributed by atoms with van der Waals surface area (Å²) in [5.74, 6) is 0. The highest BCUT2D eigenvalue weighted by atomic mass is 14.7. The van der Waals surface area contributed by atoms with Crippen LogP contribution in [0.2, 0.25) is 0 Å². The van der Waals surface area contributed by atoms with E-state index >= 15 is 0 Å². The normalized spacial score (nSPS) is 12.7. The molecule has 0 amide bonds. The van der Waals surface area contributed by atoms with Crippen LogP contribution in [0.3, 0.4) is 0 Å². The molecular formula is C64H41N. The second kappa shape index (κ2) is 14.9. The molecule has 10 aromatic carbocycles. The van der Waals surface area contributed by atoms with Crippen molar-refractivity contribution < 1.29 is 0 Å². The summed E-state index contributed by atoms with van der Waals surface area (Å²) in [6, 6.07) is 91.3. The van der Waals surface area contributed by atoms with Crippen molar-refractivity contribution in [3.05, 3.63) is 271 Å². The van der Waals surface area contributed by atoms with Gasteiger partial charge in [0, 0.05) is 11.1 Å². The van der Waals surface area contributed by atoms with Crippen molar-refractivity contribution in [2.75, 3.05) is 0 Å². The Balaban J connectivity index is 1.04. The van der Waals surface area contributed by atoms with Crippen LogP contribution < -0.4 is 0 Å². The zero-order chi connectivity index (χ0) is 42.9. The second-order valence-corrected chi connectivity index (χ2v) is 17.4. The van der Waals surface area contributed by atoms with E-state index in [0.29, 0.717) is 0 Å². The summed E-state index contributed by atoms with van der Waals surface area (Å²) in [7, 11) is 0. The molecule has 1 heterocycles. The largest absolute Gasteiger partial charge is 0.248 e. The molecule has 0 fully saturated rings. The molecule has 0 unspecified atom stereocenters. The number of nitrogens with zero attached hydrogens (tertiary/aromatic N) is 1. The fourth-order valence-corrected chi connectivity index (χ4v) is 11.0. The Morgan fingerprint density at radius 2 is 0.692 bits per heavy atom. The Bertz CT molecular complexity index is 3540. The average Bonchev–Trinajstić information content (AvgIpc) is 3.87. The lowest BCUT2D eigenvalue weighted by Gasteiger charge is -2.31. The molecule has 302 valence electrons. The smallest absolute Gasteiger partial charge is 0.0731 e. The van der Waals surface area contributed by atoms with Gasteiger partial charge in [0.2, 0.25) is 0 Å². The molecule has 0 atom stereocenters. The Kier molecular flexibility index (Phi) is 8.51. The topological polar surface area (TPSA) is 12.9 Å². The molecule has 11 aromatic rings. The van der Waals surface area contributed by atoms with Crippen LogP contribution in [0, 0.1) is 0 Å². The molecule has 1 spiro atoms. The van der Waals surface area contributed by atoms with Gasteiger partial charge in [-0.3, -0.25) is 0 Å². The summed E-state index contributed by atoms with van der Waals surface area (Å²) in [4.78, 5) is 5.43. The first kappa shape index (κ1) is 37.2. The zero-order valence-corrected chi connectivity index (χ0v) is 35.6. The summed E-state index contributed by atoms with van der Waals surface area (Å²) >= 11 is 0. The molecule has 0 radical (unpaired) electrons. The molecule has 0 bridgehead atoms. The number of aromatic nitrogens is 1. The number of fused-ring (bicyclic) bond motifs is 12. The molecule has 65 heavy (non-hydrogen) atoms. The fourth-order valence-electron chi connectivity index (χ4n) is 11.0. The van der Waals surface area contributed by atoms with E-state index < -0.39 is 5.41 Å². The van der Waals surface area contributed by atoms with E-state index in [-0.39, 0.29) is 0 Å². The van der Waals surface area contributed by atoms with Gasteiger partial charge in [0.1, 0.15) is 0 Å². The third-order valence-electron chi connectivity index (χ3n) is 13.8. The number of hydrogen-bond donors (Lipinski definition) is 0. The fraction of sp³-hybridized carbons (Fsp3) is 0.0156. The van der Waals surface area contributed by atoms with Crippen LogP contribution in [0.4, 0.5) is 0 Å². The quantitative estimate of drug-likeness (QED) is 0.163. The Hall–Kier alpha value is -8.39. The second-order valence-electron chi connectivity index (χ2n) is 17.4. The van der Waals surface area contributed by atoms with Gasteiger partial charge in [0.05, 0.1) is 16.8 Å². The molecule has 2 aliphatic rings. The maximum atomic E-state index is 5.43. The van der Waals surface area contributed by atoms with E-state index in [9.17, 15) is 0 Å². The number of pyridine rings is 1. The van der Waals surface area contributed by atoms with Gasteiger partial charge in [-0.2, -0.15) is 0 Å². The minimum atomic E-state index is -0.455. The maximum Gasteiger partial charge on any atom is 0.0731 e. The van der Waals surface area contributed by atoms with Gasteiger partial charge in [-0.1, -0.05) is 206 Å². The third-order valence-corrected chi connectivity index (χ3v) is 13.8. The van der Waals surface area contributed by atoms with Gasteiger partial charge in [-0.05, 0) is 142 Å². The van der Waals surface area contributed by atoms with Crippen molar-refractivity contribution in [2.24, 2.45) is 0 Å². The highest BCUT2D eigenvalue weighted by Gasteiger charge is 2.53. The lowest BCUT2D eigenvalue weighted by atomic mass is 9.69. The average molecular weight is 824 g/mol. The summed E-state index contributed by atoms with van der Waals surface area (Å²) < 4.78 is 0. The van der Waals surface area contributed by atoms with Crippen LogP contribution in [-0.4, -0.2) is 4.98 Å². The molecule has 0 aliphatic heterocycles. The van der Waals surface area contributed by atoms with Gasteiger partial charge < -0.3 is 0 Å². The highest BCUT2D eigenvalue weighted by molar-refractivity contribution is 6.09. The van der Waals surface area contributed by atoms with Crippen molar-refractivity contribution in [3.8, 4) is 89.3 Å². The number of rotatable bonds is 6. The predicted molar refractivity (Wildman–Crippen MR) is 271 cm³/mol. The third kappa shape index (κ3) is 5.83. The van der Waals surface area contributed by atoms with Crippen molar-refractivity contribution >= 4 is 10.8 Å². The van der Waals surface area contributed by atoms with Gasteiger partial charge in [0.25, 0.3) is 0 Å². The van der Waals surface area contributed by atoms with Gasteiger partial charge in [-0.25, -0.2) is 4.98 Å². The first-order valence-electron chi connectivity index (χ1n) is 22.5. The first-order chi connectivity index (χ1) is 32.2. The Morgan fingerprint density at radius 3 is 1.32 bits per heavy atom. The maximum absolute atomic E-state index is 5.43. The summed E-state index contributed by atoms with van der Waals surface area (Å²) in [5, 5.41) is 2.54. The van der Waals surface area contributed by atoms with E-state index in [2.05, 4.69) is 249 Å². The van der Waals surface area contributed by atoms with Crippen molar-refractivity contribution in [3.63, 3.8) is 0 Å². The van der Waals surface area contributed by atoms with Gasteiger partial charge >= 0.3 is 0 Å². The van der Waals surface area contributed by atoms with Crippen LogP contribution in [-0.2, 0) is 5.41 Å². The minimum Gasteiger partial charge on any atom is -0.248 e. The van der Waals surface area contributed by atoms with Crippen molar-refractivity contribution in [1.82, 2.24) is 4.98 Å². The molecule has 2 aliphatic carbocycles. The molecule has 1 heteroatoms. The highest BCUT2D eigenvalue weighted by Crippen LogP contribution is 2.65. The van der Waals surface area contributed by atoms with Crippen LogP contribution in [0.5, 0.6) is 0 Å². The SMILES string of the molecule is c1ccc(-c2cc(-c3ccccc3)cc(-c3cc(-c4cccc(-c5cc6ccccc6c6c5-c5ccccc5C65c6ccccc6-c6ccccc65)c4)cc(-c4ccccc4)n3)c2)cc1. The number of benzene rings is 10. The molecule has 1 aromatic heterocycles. The van der Waals surface area contributed by atoms with Crippen LogP contribution in [0.15, 0.2) is 249 Å². The molecule has 0 saturated carbocycles. The van der Waals surface area contributed by atoms with Gasteiger partial charge in [-0.15, -0.1) is 0 Å². The van der Waals surface area contributed by atoms with Crippen LogP contribution in [0.1, 0.15) is 22.3 Å². The molecule has 13 rings (SSSR count). The van der Waals surface area contributed by atoms with Gasteiger partial charge in [0.15, 0.2) is 0 Å². The van der Waals surface area contributed by atoms with Crippen LogP contribution in [0.25, 0.3) is 100 Å². The van der Waals surface area contributed by atoms with Crippen molar-refractivity contribution in [2.45, 2.75) is 5.41 Å². The van der Waals surface area contributed by atoms with E-state index in [0.717, 1.165) is 44.8 Å². The first-order valence-corrected chi connectivity index (χ1v) is 22.5. The molecule has 0 N–H and O–H groups in total. The van der Waals surface area contributed by atoms with E-state index in [1.54, 1.807) is 0 Å². The van der Waals surface area contributed by atoms with Crippen molar-refractivity contribution in [1.29, 1.82) is 0 Å².